The zero-order valence-corrected chi connectivity index (χ0v) is 12.9. The molecule has 1 aromatic carbocycles. The number of benzene rings is 1. The molecule has 1 aromatic rings. The first-order valence-corrected chi connectivity index (χ1v) is 7.19. The number of thiocarbonyl (C=S) groups is 1. The second-order valence-corrected chi connectivity index (χ2v) is 5.18. The van der Waals surface area contributed by atoms with Crippen LogP contribution < -0.4 is 5.32 Å². The highest BCUT2D eigenvalue weighted by atomic mass is 35.5. The Bertz CT molecular complexity index is 401. The molecule has 0 spiro atoms. The standard InChI is InChI=1S/C14H21ClN2S/c1-4-8-17(9-5-2)14(18)16-12-7-6-11(3)13(15)10-12/h6-7,10H,4-5,8-9H2,1-3H3,(H,16,18). The molecule has 0 aliphatic rings. The smallest absolute Gasteiger partial charge is 0.173 e. The van der Waals surface area contributed by atoms with Crippen molar-refractivity contribution in [1.29, 1.82) is 0 Å². The molecule has 0 saturated heterocycles. The van der Waals surface area contributed by atoms with Crippen molar-refractivity contribution in [3.63, 3.8) is 0 Å². The molecule has 0 aliphatic heterocycles. The lowest BCUT2D eigenvalue weighted by Gasteiger charge is -2.25. The van der Waals surface area contributed by atoms with Crippen molar-refractivity contribution in [2.75, 3.05) is 18.4 Å². The quantitative estimate of drug-likeness (QED) is 0.803. The first-order chi connectivity index (χ1) is 8.58. The van der Waals surface area contributed by atoms with Crippen LogP contribution in [0.5, 0.6) is 0 Å². The van der Waals surface area contributed by atoms with Crippen LogP contribution in [0.4, 0.5) is 5.69 Å². The fourth-order valence-corrected chi connectivity index (χ4v) is 2.21. The number of hydrogen-bond donors (Lipinski definition) is 1. The Morgan fingerprint density at radius 3 is 2.39 bits per heavy atom. The lowest BCUT2D eigenvalue weighted by molar-refractivity contribution is 0.423. The zero-order valence-electron chi connectivity index (χ0n) is 11.3. The minimum Gasteiger partial charge on any atom is -0.349 e. The molecule has 100 valence electrons. The highest BCUT2D eigenvalue weighted by Crippen LogP contribution is 2.20. The second-order valence-electron chi connectivity index (χ2n) is 4.38. The third-order valence-corrected chi connectivity index (χ3v) is 3.46. The first kappa shape index (κ1) is 15.3. The van der Waals surface area contributed by atoms with E-state index in [0.717, 1.165) is 47.3 Å². The van der Waals surface area contributed by atoms with Gasteiger partial charge in [-0.1, -0.05) is 31.5 Å². The van der Waals surface area contributed by atoms with Crippen LogP contribution in [0, 0.1) is 6.92 Å². The molecule has 0 aromatic heterocycles. The molecule has 18 heavy (non-hydrogen) atoms. The van der Waals surface area contributed by atoms with Crippen molar-refractivity contribution in [1.82, 2.24) is 4.90 Å². The Morgan fingerprint density at radius 2 is 1.89 bits per heavy atom. The van der Waals surface area contributed by atoms with E-state index in [1.807, 2.05) is 25.1 Å². The monoisotopic (exact) mass is 284 g/mol. The van der Waals surface area contributed by atoms with E-state index in [2.05, 4.69) is 24.1 Å². The van der Waals surface area contributed by atoms with Gasteiger partial charge >= 0.3 is 0 Å². The van der Waals surface area contributed by atoms with Gasteiger partial charge in [0.1, 0.15) is 0 Å². The Morgan fingerprint density at radius 1 is 1.28 bits per heavy atom. The maximum Gasteiger partial charge on any atom is 0.173 e. The van der Waals surface area contributed by atoms with Crippen LogP contribution in [0.1, 0.15) is 32.3 Å². The van der Waals surface area contributed by atoms with Gasteiger partial charge in [-0.25, -0.2) is 0 Å². The zero-order chi connectivity index (χ0) is 13.5. The summed E-state index contributed by atoms with van der Waals surface area (Å²) < 4.78 is 0. The number of nitrogens with one attached hydrogen (secondary N) is 1. The molecule has 0 bridgehead atoms. The summed E-state index contributed by atoms with van der Waals surface area (Å²) in [5, 5.41) is 4.79. The maximum absolute atomic E-state index is 6.10. The highest BCUT2D eigenvalue weighted by molar-refractivity contribution is 7.80. The van der Waals surface area contributed by atoms with Gasteiger partial charge < -0.3 is 10.2 Å². The van der Waals surface area contributed by atoms with Gasteiger partial charge in [-0.05, 0) is 49.7 Å². The number of halogens is 1. The number of rotatable bonds is 5. The first-order valence-electron chi connectivity index (χ1n) is 6.40. The van der Waals surface area contributed by atoms with E-state index in [0.29, 0.717) is 0 Å². The van der Waals surface area contributed by atoms with E-state index >= 15 is 0 Å². The molecule has 0 heterocycles. The molecule has 0 fully saturated rings. The van der Waals surface area contributed by atoms with Gasteiger partial charge in [0.15, 0.2) is 5.11 Å². The SMILES string of the molecule is CCCN(CCC)C(=S)Nc1ccc(C)c(Cl)c1. The van der Waals surface area contributed by atoms with E-state index in [4.69, 9.17) is 23.8 Å². The van der Waals surface area contributed by atoms with Crippen LogP contribution in [0.2, 0.25) is 5.02 Å². The summed E-state index contributed by atoms with van der Waals surface area (Å²) in [5.74, 6) is 0. The third kappa shape index (κ3) is 4.46. The Balaban J connectivity index is 2.69. The van der Waals surface area contributed by atoms with Gasteiger partial charge in [0, 0.05) is 23.8 Å². The largest absolute Gasteiger partial charge is 0.349 e. The van der Waals surface area contributed by atoms with Crippen LogP contribution in [0.15, 0.2) is 18.2 Å². The molecule has 0 unspecified atom stereocenters. The molecular weight excluding hydrogens is 264 g/mol. The number of hydrogen-bond acceptors (Lipinski definition) is 1. The van der Waals surface area contributed by atoms with Crippen molar-refractivity contribution in [2.24, 2.45) is 0 Å². The van der Waals surface area contributed by atoms with E-state index in [1.165, 1.54) is 0 Å². The molecular formula is C14H21ClN2S. The average Bonchev–Trinajstić information content (AvgIpc) is 2.33. The van der Waals surface area contributed by atoms with Gasteiger partial charge in [0.05, 0.1) is 0 Å². The Hall–Kier alpha value is -0.800. The second kappa shape index (κ2) is 7.59. The summed E-state index contributed by atoms with van der Waals surface area (Å²) in [6, 6.07) is 5.92. The Kier molecular flexibility index (Phi) is 6.44. The predicted molar refractivity (Wildman–Crippen MR) is 84.6 cm³/mol. The van der Waals surface area contributed by atoms with Crippen molar-refractivity contribution in [3.05, 3.63) is 28.8 Å². The van der Waals surface area contributed by atoms with Gasteiger partial charge in [-0.15, -0.1) is 0 Å². The molecule has 0 atom stereocenters. The molecule has 2 nitrogen and oxygen atoms in total. The van der Waals surface area contributed by atoms with Crippen LogP contribution in [0.25, 0.3) is 0 Å². The van der Waals surface area contributed by atoms with Crippen LogP contribution in [-0.2, 0) is 0 Å². The van der Waals surface area contributed by atoms with Crippen LogP contribution >= 0.6 is 23.8 Å². The van der Waals surface area contributed by atoms with Crippen LogP contribution in [0.3, 0.4) is 0 Å². The fourth-order valence-electron chi connectivity index (χ4n) is 1.73. The minimum atomic E-state index is 0.764. The third-order valence-electron chi connectivity index (χ3n) is 2.70. The van der Waals surface area contributed by atoms with Gasteiger partial charge in [-0.3, -0.25) is 0 Å². The molecule has 4 heteroatoms. The normalized spacial score (nSPS) is 10.2. The topological polar surface area (TPSA) is 15.3 Å². The molecule has 0 radical (unpaired) electrons. The molecule has 0 aliphatic carbocycles. The summed E-state index contributed by atoms with van der Waals surface area (Å²) in [6.45, 7) is 8.28. The van der Waals surface area contributed by atoms with Crippen molar-refractivity contribution in [2.45, 2.75) is 33.6 Å². The van der Waals surface area contributed by atoms with E-state index in [1.54, 1.807) is 0 Å². The minimum absolute atomic E-state index is 0.764. The summed E-state index contributed by atoms with van der Waals surface area (Å²) in [6.07, 6.45) is 2.19. The molecule has 0 saturated carbocycles. The van der Waals surface area contributed by atoms with Crippen molar-refractivity contribution < 1.29 is 0 Å². The lowest BCUT2D eigenvalue weighted by Crippen LogP contribution is -2.35. The number of aryl methyl sites for hydroxylation is 1. The van der Waals surface area contributed by atoms with E-state index in [9.17, 15) is 0 Å². The molecule has 1 N–H and O–H groups in total. The van der Waals surface area contributed by atoms with Gasteiger partial charge in [-0.2, -0.15) is 0 Å². The summed E-state index contributed by atoms with van der Waals surface area (Å²) in [5.41, 5.74) is 2.03. The van der Waals surface area contributed by atoms with Crippen LogP contribution in [-0.4, -0.2) is 23.1 Å². The predicted octanol–water partition coefficient (Wildman–Crippen LogP) is 4.47. The van der Waals surface area contributed by atoms with Crippen molar-refractivity contribution in [3.8, 4) is 0 Å². The number of nitrogens with zero attached hydrogens (tertiary/aromatic N) is 1. The molecule has 0 amide bonds. The summed E-state index contributed by atoms with van der Waals surface area (Å²) in [4.78, 5) is 2.20. The van der Waals surface area contributed by atoms with Gasteiger partial charge in [0.2, 0.25) is 0 Å². The van der Waals surface area contributed by atoms with Crippen molar-refractivity contribution >= 4 is 34.6 Å². The fraction of sp³-hybridized carbons (Fsp3) is 0.500. The van der Waals surface area contributed by atoms with Gasteiger partial charge in [0.25, 0.3) is 0 Å². The summed E-state index contributed by atoms with van der Waals surface area (Å²) in [7, 11) is 0. The number of anilines is 1. The molecule has 1 rings (SSSR count). The Labute approximate surface area is 120 Å². The maximum atomic E-state index is 6.10. The highest BCUT2D eigenvalue weighted by Gasteiger charge is 2.08. The lowest BCUT2D eigenvalue weighted by atomic mass is 10.2. The van der Waals surface area contributed by atoms with E-state index < -0.39 is 0 Å². The average molecular weight is 285 g/mol. The van der Waals surface area contributed by atoms with E-state index in [-0.39, 0.29) is 0 Å². The summed E-state index contributed by atoms with van der Waals surface area (Å²) >= 11 is 11.5.